The molecule has 5 nitrogen and oxygen atoms in total. The summed E-state index contributed by atoms with van der Waals surface area (Å²) in [6.07, 6.45) is 3.32. The lowest BCUT2D eigenvalue weighted by molar-refractivity contribution is 0.0456. The molecule has 17 heavy (non-hydrogen) atoms. The lowest BCUT2D eigenvalue weighted by Crippen LogP contribution is -2.09. The average molecular weight is 231 g/mol. The van der Waals surface area contributed by atoms with Gasteiger partial charge in [0.25, 0.3) is 0 Å². The Morgan fingerprint density at radius 1 is 1.53 bits per heavy atom. The fraction of sp³-hybridized carbons (Fsp3) is 0.167. The lowest BCUT2D eigenvalue weighted by atomic mass is 10.3. The molecule has 0 fully saturated rings. The summed E-state index contributed by atoms with van der Waals surface area (Å²) in [6.45, 7) is 0.157. The van der Waals surface area contributed by atoms with Crippen molar-refractivity contribution >= 4 is 11.7 Å². The standard InChI is InChI=1S/C12H13N3O2/c1-15-7-9(13)6-11(15)12(16)17-8-10-4-2-3-5-14-10/h2-7H,8,13H2,1H3. The zero-order chi connectivity index (χ0) is 12.3. The van der Waals surface area contributed by atoms with Crippen molar-refractivity contribution in [3.8, 4) is 0 Å². The first-order valence-corrected chi connectivity index (χ1v) is 5.15. The molecule has 88 valence electrons. The van der Waals surface area contributed by atoms with Crippen molar-refractivity contribution in [3.63, 3.8) is 0 Å². The van der Waals surface area contributed by atoms with Crippen LogP contribution in [0.2, 0.25) is 0 Å². The van der Waals surface area contributed by atoms with Crippen molar-refractivity contribution in [3.05, 3.63) is 48.0 Å². The molecule has 0 atom stereocenters. The van der Waals surface area contributed by atoms with Crippen LogP contribution in [-0.4, -0.2) is 15.5 Å². The number of nitrogens with two attached hydrogens (primary N) is 1. The van der Waals surface area contributed by atoms with Crippen LogP contribution in [0.25, 0.3) is 0 Å². The summed E-state index contributed by atoms with van der Waals surface area (Å²) in [7, 11) is 1.74. The van der Waals surface area contributed by atoms with Crippen LogP contribution in [0.4, 0.5) is 5.69 Å². The van der Waals surface area contributed by atoms with E-state index in [2.05, 4.69) is 4.98 Å². The van der Waals surface area contributed by atoms with Gasteiger partial charge in [-0.05, 0) is 18.2 Å². The molecule has 0 amide bonds. The first kappa shape index (κ1) is 11.2. The predicted molar refractivity (Wildman–Crippen MR) is 63.2 cm³/mol. The second-order valence-electron chi connectivity index (χ2n) is 3.67. The van der Waals surface area contributed by atoms with Gasteiger partial charge in [0.15, 0.2) is 0 Å². The number of carbonyl (C=O) groups excluding carboxylic acids is 1. The van der Waals surface area contributed by atoms with Crippen molar-refractivity contribution < 1.29 is 9.53 Å². The van der Waals surface area contributed by atoms with Crippen LogP contribution in [0.1, 0.15) is 16.2 Å². The third-order valence-corrected chi connectivity index (χ3v) is 2.31. The molecule has 0 radical (unpaired) electrons. The molecule has 2 rings (SSSR count). The Bertz CT molecular complexity index is 520. The molecular formula is C12H13N3O2. The van der Waals surface area contributed by atoms with E-state index in [9.17, 15) is 4.79 Å². The number of anilines is 1. The second kappa shape index (κ2) is 4.69. The van der Waals surface area contributed by atoms with Gasteiger partial charge in [-0.15, -0.1) is 0 Å². The molecule has 0 aromatic carbocycles. The number of rotatable bonds is 3. The number of pyridine rings is 1. The molecule has 0 spiro atoms. The summed E-state index contributed by atoms with van der Waals surface area (Å²) < 4.78 is 6.77. The Kier molecular flexibility index (Phi) is 3.09. The molecule has 0 unspecified atom stereocenters. The summed E-state index contributed by atoms with van der Waals surface area (Å²) >= 11 is 0. The maximum atomic E-state index is 11.7. The van der Waals surface area contributed by atoms with E-state index in [1.54, 1.807) is 36.1 Å². The minimum atomic E-state index is -0.408. The zero-order valence-electron chi connectivity index (χ0n) is 9.46. The highest BCUT2D eigenvalue weighted by Gasteiger charge is 2.12. The highest BCUT2D eigenvalue weighted by atomic mass is 16.5. The van der Waals surface area contributed by atoms with Gasteiger partial charge in [-0.25, -0.2) is 4.79 Å². The van der Waals surface area contributed by atoms with Gasteiger partial charge < -0.3 is 15.0 Å². The number of nitrogens with zero attached hydrogens (tertiary/aromatic N) is 2. The van der Waals surface area contributed by atoms with Gasteiger partial charge in [-0.2, -0.15) is 0 Å². The van der Waals surface area contributed by atoms with Gasteiger partial charge in [-0.3, -0.25) is 4.98 Å². The van der Waals surface area contributed by atoms with Crippen LogP contribution in [-0.2, 0) is 18.4 Å². The molecule has 0 aliphatic carbocycles. The second-order valence-corrected chi connectivity index (χ2v) is 3.67. The maximum Gasteiger partial charge on any atom is 0.355 e. The predicted octanol–water partition coefficient (Wildman–Crippen LogP) is 1.36. The van der Waals surface area contributed by atoms with E-state index in [4.69, 9.17) is 10.5 Å². The topological polar surface area (TPSA) is 70.1 Å². The van der Waals surface area contributed by atoms with Crippen molar-refractivity contribution in [1.82, 2.24) is 9.55 Å². The van der Waals surface area contributed by atoms with Crippen LogP contribution in [0.5, 0.6) is 0 Å². The monoisotopic (exact) mass is 231 g/mol. The number of aryl methyl sites for hydroxylation is 1. The molecule has 2 aromatic rings. The molecule has 2 N–H and O–H groups in total. The highest BCUT2D eigenvalue weighted by molar-refractivity contribution is 5.89. The minimum absolute atomic E-state index is 0.157. The van der Waals surface area contributed by atoms with E-state index in [-0.39, 0.29) is 6.61 Å². The quantitative estimate of drug-likeness (QED) is 0.810. The normalized spacial score (nSPS) is 10.2. The molecule has 2 aromatic heterocycles. The Morgan fingerprint density at radius 3 is 2.94 bits per heavy atom. The maximum absolute atomic E-state index is 11.7. The van der Waals surface area contributed by atoms with Crippen molar-refractivity contribution in [2.45, 2.75) is 6.61 Å². The van der Waals surface area contributed by atoms with Gasteiger partial charge in [0, 0.05) is 19.4 Å². The van der Waals surface area contributed by atoms with Crippen LogP contribution in [0.3, 0.4) is 0 Å². The van der Waals surface area contributed by atoms with Crippen molar-refractivity contribution in [1.29, 1.82) is 0 Å². The Balaban J connectivity index is 2.01. The largest absolute Gasteiger partial charge is 0.455 e. The number of carbonyl (C=O) groups is 1. The fourth-order valence-corrected chi connectivity index (χ4v) is 1.49. The molecule has 2 heterocycles. The molecule has 0 aliphatic rings. The van der Waals surface area contributed by atoms with Gasteiger partial charge in [-0.1, -0.05) is 6.07 Å². The number of esters is 1. The Labute approximate surface area is 98.8 Å². The van der Waals surface area contributed by atoms with Crippen molar-refractivity contribution in [2.24, 2.45) is 7.05 Å². The van der Waals surface area contributed by atoms with E-state index in [0.29, 0.717) is 17.1 Å². The summed E-state index contributed by atoms with van der Waals surface area (Å²) in [5, 5.41) is 0. The van der Waals surface area contributed by atoms with Crippen molar-refractivity contribution in [2.75, 3.05) is 5.73 Å². The molecule has 5 heteroatoms. The molecular weight excluding hydrogens is 218 g/mol. The number of hydrogen-bond acceptors (Lipinski definition) is 4. The smallest absolute Gasteiger partial charge is 0.355 e. The van der Waals surface area contributed by atoms with Gasteiger partial charge in [0.1, 0.15) is 12.3 Å². The zero-order valence-corrected chi connectivity index (χ0v) is 9.46. The van der Waals surface area contributed by atoms with Gasteiger partial charge >= 0.3 is 5.97 Å². The number of ether oxygens (including phenoxy) is 1. The van der Waals surface area contributed by atoms with Gasteiger partial charge in [0.05, 0.1) is 11.4 Å². The average Bonchev–Trinajstić information content (AvgIpc) is 2.67. The Morgan fingerprint density at radius 2 is 2.35 bits per heavy atom. The third-order valence-electron chi connectivity index (χ3n) is 2.31. The summed E-state index contributed by atoms with van der Waals surface area (Å²) in [5.74, 6) is -0.408. The molecule has 0 aliphatic heterocycles. The number of aromatic nitrogens is 2. The van der Waals surface area contributed by atoms with E-state index in [1.807, 2.05) is 12.1 Å². The number of nitrogen functional groups attached to an aromatic ring is 1. The molecule has 0 saturated carbocycles. The Hall–Kier alpha value is -2.30. The lowest BCUT2D eigenvalue weighted by Gasteiger charge is -2.04. The van der Waals surface area contributed by atoms with Gasteiger partial charge in [0.2, 0.25) is 0 Å². The summed E-state index contributed by atoms with van der Waals surface area (Å²) in [5.41, 5.74) is 7.26. The number of hydrogen-bond donors (Lipinski definition) is 1. The van der Waals surface area contributed by atoms with E-state index in [1.165, 1.54) is 0 Å². The van der Waals surface area contributed by atoms with Crippen LogP contribution in [0, 0.1) is 0 Å². The minimum Gasteiger partial charge on any atom is -0.455 e. The van der Waals surface area contributed by atoms with Crippen LogP contribution < -0.4 is 5.73 Å². The van der Waals surface area contributed by atoms with E-state index < -0.39 is 5.97 Å². The summed E-state index contributed by atoms with van der Waals surface area (Å²) in [6, 6.07) is 7.04. The van der Waals surface area contributed by atoms with E-state index in [0.717, 1.165) is 0 Å². The summed E-state index contributed by atoms with van der Waals surface area (Å²) in [4.78, 5) is 15.8. The fourth-order valence-electron chi connectivity index (χ4n) is 1.49. The first-order valence-electron chi connectivity index (χ1n) is 5.15. The SMILES string of the molecule is Cn1cc(N)cc1C(=O)OCc1ccccn1. The van der Waals surface area contributed by atoms with Crippen LogP contribution in [0.15, 0.2) is 36.7 Å². The van der Waals surface area contributed by atoms with Crippen LogP contribution >= 0.6 is 0 Å². The van der Waals surface area contributed by atoms with E-state index >= 15 is 0 Å². The third kappa shape index (κ3) is 2.63. The molecule has 0 saturated heterocycles. The first-order chi connectivity index (χ1) is 8.16. The highest BCUT2D eigenvalue weighted by Crippen LogP contribution is 2.10. The molecule has 0 bridgehead atoms.